The van der Waals surface area contributed by atoms with Gasteiger partial charge in [0.15, 0.2) is 0 Å². The van der Waals surface area contributed by atoms with Crippen LogP contribution in [0.1, 0.15) is 11.1 Å². The summed E-state index contributed by atoms with van der Waals surface area (Å²) >= 11 is 0. The van der Waals surface area contributed by atoms with Crippen molar-refractivity contribution in [1.82, 2.24) is 20.4 Å². The molecular formula is C22H32CuN6. The van der Waals surface area contributed by atoms with Gasteiger partial charge in [0.05, 0.1) is 0 Å². The van der Waals surface area contributed by atoms with Gasteiger partial charge in [0.1, 0.15) is 0 Å². The first-order valence-electron chi connectivity index (χ1n) is 10.1. The van der Waals surface area contributed by atoms with Crippen LogP contribution >= 0.6 is 0 Å². The molecule has 7 heteroatoms. The third kappa shape index (κ3) is 9.85. The molecule has 0 bridgehead atoms. The molecule has 161 valence electrons. The molecule has 1 radical (unpaired) electrons. The minimum absolute atomic E-state index is 0. The van der Waals surface area contributed by atoms with Crippen molar-refractivity contribution >= 4 is 0 Å². The van der Waals surface area contributed by atoms with E-state index in [1.165, 1.54) is 11.1 Å². The summed E-state index contributed by atoms with van der Waals surface area (Å²) in [5, 5.41) is 16.5. The average molecular weight is 444 g/mol. The van der Waals surface area contributed by atoms with Crippen LogP contribution in [0.15, 0.2) is 60.7 Å². The largest absolute Gasteiger partial charge is 2.00 e. The van der Waals surface area contributed by atoms with Gasteiger partial charge in [-0.25, -0.2) is 0 Å². The summed E-state index contributed by atoms with van der Waals surface area (Å²) in [4.78, 5) is 4.67. The standard InChI is InChI=1S/C22H32N6.Cu/c1-3-7-21(8-4-1)15-27-17-23-11-13-25-19-28(20-26-14-12-24-18-27)16-22-9-5-2-6-10-22;/h1-10,23,26H,11-20H2;/q-2;+2. The van der Waals surface area contributed by atoms with E-state index in [9.17, 15) is 0 Å². The second-order valence-corrected chi connectivity index (χ2v) is 7.12. The molecule has 3 rings (SSSR count). The first kappa shape index (κ1) is 24.0. The number of nitrogens with one attached hydrogen (secondary N) is 2. The van der Waals surface area contributed by atoms with Crippen LogP contribution in [0.3, 0.4) is 0 Å². The van der Waals surface area contributed by atoms with Crippen LogP contribution in [-0.2, 0) is 30.2 Å². The molecule has 6 nitrogen and oxygen atoms in total. The molecule has 2 aromatic carbocycles. The molecule has 0 amide bonds. The molecule has 0 aromatic heterocycles. The Morgan fingerprint density at radius 1 is 0.655 bits per heavy atom. The van der Waals surface area contributed by atoms with Crippen LogP contribution in [0.5, 0.6) is 0 Å². The Morgan fingerprint density at radius 3 is 1.48 bits per heavy atom. The van der Waals surface area contributed by atoms with Gasteiger partial charge in [0, 0.05) is 26.4 Å². The maximum Gasteiger partial charge on any atom is 2.00 e. The normalized spacial score (nSPS) is 18.5. The molecule has 1 aliphatic rings. The van der Waals surface area contributed by atoms with Crippen LogP contribution in [0.2, 0.25) is 0 Å². The molecule has 0 saturated carbocycles. The predicted octanol–water partition coefficient (Wildman–Crippen LogP) is 2.76. The van der Waals surface area contributed by atoms with Gasteiger partial charge >= 0.3 is 17.1 Å². The van der Waals surface area contributed by atoms with Crippen LogP contribution in [0.4, 0.5) is 0 Å². The molecule has 2 N–H and O–H groups in total. The van der Waals surface area contributed by atoms with E-state index in [-0.39, 0.29) is 17.1 Å². The van der Waals surface area contributed by atoms with E-state index in [1.807, 2.05) is 0 Å². The molecule has 0 unspecified atom stereocenters. The van der Waals surface area contributed by atoms with Crippen molar-refractivity contribution in [2.75, 3.05) is 52.9 Å². The molecule has 0 atom stereocenters. The van der Waals surface area contributed by atoms with Gasteiger partial charge in [-0.05, 0) is 24.2 Å². The van der Waals surface area contributed by atoms with Crippen molar-refractivity contribution < 1.29 is 17.1 Å². The Balaban J connectivity index is 0.00000300. The summed E-state index contributed by atoms with van der Waals surface area (Å²) in [5.41, 5.74) is 2.64. The van der Waals surface area contributed by atoms with Gasteiger partial charge in [0.2, 0.25) is 0 Å². The minimum atomic E-state index is 0. The van der Waals surface area contributed by atoms with E-state index in [2.05, 4.69) is 81.1 Å². The number of benzene rings is 2. The molecule has 29 heavy (non-hydrogen) atoms. The van der Waals surface area contributed by atoms with E-state index in [4.69, 9.17) is 10.6 Å². The van der Waals surface area contributed by atoms with Gasteiger partial charge in [-0.1, -0.05) is 74.0 Å². The van der Waals surface area contributed by atoms with E-state index < -0.39 is 0 Å². The van der Waals surface area contributed by atoms with Gasteiger partial charge < -0.3 is 31.1 Å². The molecule has 1 heterocycles. The number of hydrogen-bond acceptors (Lipinski definition) is 4. The topological polar surface area (TPSA) is 58.7 Å². The van der Waals surface area contributed by atoms with E-state index in [0.29, 0.717) is 0 Å². The fraction of sp³-hybridized carbons (Fsp3) is 0.455. The summed E-state index contributed by atoms with van der Waals surface area (Å²) in [6.07, 6.45) is 0. The molecule has 1 fully saturated rings. The Labute approximate surface area is 185 Å². The number of nitrogens with zero attached hydrogens (tertiary/aromatic N) is 4. The summed E-state index contributed by atoms with van der Waals surface area (Å²) in [6.45, 7) is 8.38. The van der Waals surface area contributed by atoms with Gasteiger partial charge in [0.25, 0.3) is 0 Å². The summed E-state index contributed by atoms with van der Waals surface area (Å²) in [7, 11) is 0. The molecule has 0 spiro atoms. The van der Waals surface area contributed by atoms with Crippen molar-refractivity contribution in [3.05, 3.63) is 82.4 Å². The predicted molar refractivity (Wildman–Crippen MR) is 116 cm³/mol. The number of hydrogen-bond donors (Lipinski definition) is 2. The third-order valence-electron chi connectivity index (χ3n) is 4.66. The Kier molecular flexibility index (Phi) is 12.1. The van der Waals surface area contributed by atoms with Crippen molar-refractivity contribution in [3.63, 3.8) is 0 Å². The van der Waals surface area contributed by atoms with Crippen molar-refractivity contribution in [1.29, 1.82) is 0 Å². The minimum Gasteiger partial charge on any atom is -0.649 e. The molecule has 0 aliphatic carbocycles. The van der Waals surface area contributed by atoms with Gasteiger partial charge in [-0.3, -0.25) is 0 Å². The maximum absolute atomic E-state index is 4.73. The van der Waals surface area contributed by atoms with E-state index in [1.54, 1.807) is 0 Å². The maximum atomic E-state index is 4.73. The monoisotopic (exact) mass is 443 g/mol. The van der Waals surface area contributed by atoms with Crippen LogP contribution in [-0.4, -0.2) is 62.7 Å². The second kappa shape index (κ2) is 14.7. The van der Waals surface area contributed by atoms with Crippen LogP contribution in [0.25, 0.3) is 10.6 Å². The molecule has 1 saturated heterocycles. The Bertz CT molecular complexity index is 569. The van der Waals surface area contributed by atoms with Crippen molar-refractivity contribution in [3.8, 4) is 0 Å². The summed E-state index contributed by atoms with van der Waals surface area (Å²) < 4.78 is 0. The van der Waals surface area contributed by atoms with Crippen LogP contribution in [0, 0.1) is 0 Å². The fourth-order valence-corrected chi connectivity index (χ4v) is 3.21. The quantitative estimate of drug-likeness (QED) is 0.713. The summed E-state index contributed by atoms with van der Waals surface area (Å²) in [5.74, 6) is 0. The van der Waals surface area contributed by atoms with Gasteiger partial charge in [-0.15, -0.1) is 13.1 Å². The number of rotatable bonds is 4. The average Bonchev–Trinajstić information content (AvgIpc) is 2.73. The van der Waals surface area contributed by atoms with Crippen LogP contribution < -0.4 is 10.6 Å². The first-order chi connectivity index (χ1) is 13.9. The summed E-state index contributed by atoms with van der Waals surface area (Å²) in [6, 6.07) is 21.2. The third-order valence-corrected chi connectivity index (χ3v) is 4.66. The van der Waals surface area contributed by atoms with Crippen molar-refractivity contribution in [2.45, 2.75) is 13.1 Å². The molecule has 2 aromatic rings. The Hall–Kier alpha value is -1.28. The fourth-order valence-electron chi connectivity index (χ4n) is 3.21. The zero-order valence-corrected chi connectivity index (χ0v) is 17.9. The van der Waals surface area contributed by atoms with E-state index >= 15 is 0 Å². The smallest absolute Gasteiger partial charge is 0.649 e. The molecular weight excluding hydrogens is 412 g/mol. The second-order valence-electron chi connectivity index (χ2n) is 7.12. The first-order valence-corrected chi connectivity index (χ1v) is 10.1. The van der Waals surface area contributed by atoms with Gasteiger partial charge in [-0.2, -0.15) is 0 Å². The zero-order chi connectivity index (χ0) is 19.3. The van der Waals surface area contributed by atoms with E-state index in [0.717, 1.165) is 65.9 Å². The molecule has 1 aliphatic heterocycles. The zero-order valence-electron chi connectivity index (χ0n) is 16.9. The Morgan fingerprint density at radius 2 is 1.07 bits per heavy atom. The SMILES string of the molecule is [Cu+2].c1ccc(CN2C[N-]CCNCN(Cc3ccccc3)C[N-]CCNC2)cc1. The van der Waals surface area contributed by atoms with Crippen molar-refractivity contribution in [2.24, 2.45) is 0 Å².